The van der Waals surface area contributed by atoms with Gasteiger partial charge in [0.1, 0.15) is 0 Å². The van der Waals surface area contributed by atoms with Gasteiger partial charge in [0.25, 0.3) is 5.91 Å². The molecule has 128 valence electrons. The zero-order valence-electron chi connectivity index (χ0n) is 13.6. The highest BCUT2D eigenvalue weighted by atomic mass is 35.5. The van der Waals surface area contributed by atoms with Gasteiger partial charge in [-0.15, -0.1) is 0 Å². The molecule has 1 heterocycles. The van der Waals surface area contributed by atoms with E-state index >= 15 is 0 Å². The zero-order chi connectivity index (χ0) is 17.8. The minimum atomic E-state index is -0.456. The first-order valence-corrected chi connectivity index (χ1v) is 8.18. The lowest BCUT2D eigenvalue weighted by atomic mass is 10.1. The lowest BCUT2D eigenvalue weighted by Gasteiger charge is -2.07. The number of benzene rings is 2. The van der Waals surface area contributed by atoms with Crippen molar-refractivity contribution >= 4 is 34.3 Å². The van der Waals surface area contributed by atoms with E-state index in [0.717, 1.165) is 16.5 Å². The maximum absolute atomic E-state index is 12.3. The number of hydrogen-bond donors (Lipinski definition) is 2. The average molecular weight is 357 g/mol. The van der Waals surface area contributed by atoms with Crippen LogP contribution < -0.4 is 10.9 Å². The van der Waals surface area contributed by atoms with Gasteiger partial charge in [0, 0.05) is 23.9 Å². The van der Waals surface area contributed by atoms with Crippen molar-refractivity contribution in [1.29, 1.82) is 0 Å². The van der Waals surface area contributed by atoms with Gasteiger partial charge in [0.05, 0.1) is 5.52 Å². The standard InChI is InChI=1S/C18H17ClN4O2/c1-23-15-9-5-3-7-13(15)17(22-23)18(25)21-20-16(24)11-10-12-6-2-4-8-14(12)19/h2-9H,10-11H2,1H3,(H,20,24)(H,21,25). The normalized spacial score (nSPS) is 10.6. The Kier molecular flexibility index (Phi) is 5.00. The highest BCUT2D eigenvalue weighted by molar-refractivity contribution is 6.31. The number of aryl methyl sites for hydroxylation is 2. The fraction of sp³-hybridized carbons (Fsp3) is 0.167. The number of nitrogens with zero attached hydrogens (tertiary/aromatic N) is 2. The topological polar surface area (TPSA) is 76.0 Å². The first-order chi connectivity index (χ1) is 12.1. The fourth-order valence-electron chi connectivity index (χ4n) is 2.58. The molecule has 2 amide bonds. The molecule has 0 aliphatic rings. The van der Waals surface area contributed by atoms with Crippen molar-refractivity contribution in [2.75, 3.05) is 0 Å². The Morgan fingerprint density at radius 3 is 2.60 bits per heavy atom. The van der Waals surface area contributed by atoms with Crippen molar-refractivity contribution in [3.63, 3.8) is 0 Å². The van der Waals surface area contributed by atoms with Crippen LogP contribution in [0, 0.1) is 0 Å². The number of para-hydroxylation sites is 1. The minimum absolute atomic E-state index is 0.215. The lowest BCUT2D eigenvalue weighted by Crippen LogP contribution is -2.42. The third-order valence-electron chi connectivity index (χ3n) is 3.87. The third kappa shape index (κ3) is 3.80. The molecule has 0 aliphatic heterocycles. The first kappa shape index (κ1) is 17.0. The molecule has 0 atom stereocenters. The Balaban J connectivity index is 1.58. The second-order valence-electron chi connectivity index (χ2n) is 5.58. The number of carbonyl (C=O) groups excluding carboxylic acids is 2. The van der Waals surface area contributed by atoms with Crippen LogP contribution in [0.5, 0.6) is 0 Å². The molecule has 0 unspecified atom stereocenters. The van der Waals surface area contributed by atoms with Gasteiger partial charge in [0.15, 0.2) is 5.69 Å². The van der Waals surface area contributed by atoms with Gasteiger partial charge in [-0.3, -0.25) is 25.1 Å². The van der Waals surface area contributed by atoms with Crippen LogP contribution in [0.3, 0.4) is 0 Å². The van der Waals surface area contributed by atoms with E-state index in [-0.39, 0.29) is 18.0 Å². The molecular formula is C18H17ClN4O2. The fourth-order valence-corrected chi connectivity index (χ4v) is 2.81. The largest absolute Gasteiger partial charge is 0.290 e. The molecule has 25 heavy (non-hydrogen) atoms. The van der Waals surface area contributed by atoms with Gasteiger partial charge < -0.3 is 0 Å². The predicted molar refractivity (Wildman–Crippen MR) is 96.1 cm³/mol. The van der Waals surface area contributed by atoms with Crippen molar-refractivity contribution in [1.82, 2.24) is 20.6 Å². The quantitative estimate of drug-likeness (QED) is 0.705. The molecule has 0 saturated heterocycles. The monoisotopic (exact) mass is 356 g/mol. The summed E-state index contributed by atoms with van der Waals surface area (Å²) < 4.78 is 1.63. The van der Waals surface area contributed by atoms with Crippen LogP contribution in [-0.2, 0) is 18.3 Å². The number of rotatable bonds is 4. The maximum atomic E-state index is 12.3. The molecule has 0 aliphatic carbocycles. The number of hydrazine groups is 1. The van der Waals surface area contributed by atoms with Crippen molar-refractivity contribution < 1.29 is 9.59 Å². The van der Waals surface area contributed by atoms with Crippen LogP contribution in [0.1, 0.15) is 22.5 Å². The Morgan fingerprint density at radius 2 is 1.80 bits per heavy atom. The van der Waals surface area contributed by atoms with Crippen LogP contribution in [0.4, 0.5) is 0 Å². The van der Waals surface area contributed by atoms with Crippen LogP contribution in [0.15, 0.2) is 48.5 Å². The van der Waals surface area contributed by atoms with Crippen molar-refractivity contribution in [2.24, 2.45) is 7.05 Å². The summed E-state index contributed by atoms with van der Waals surface area (Å²) in [6, 6.07) is 14.8. The molecule has 3 rings (SSSR count). The summed E-state index contributed by atoms with van der Waals surface area (Å²) in [5, 5.41) is 5.56. The zero-order valence-corrected chi connectivity index (χ0v) is 14.4. The molecule has 6 nitrogen and oxygen atoms in total. The molecule has 7 heteroatoms. The lowest BCUT2D eigenvalue weighted by molar-refractivity contribution is -0.121. The number of amides is 2. The number of hydrogen-bond acceptors (Lipinski definition) is 3. The molecule has 1 aromatic heterocycles. The van der Waals surface area contributed by atoms with Gasteiger partial charge >= 0.3 is 0 Å². The molecule has 2 aromatic carbocycles. The van der Waals surface area contributed by atoms with Crippen molar-refractivity contribution in [3.05, 3.63) is 64.8 Å². The number of carbonyl (C=O) groups is 2. The molecule has 0 spiro atoms. The van der Waals surface area contributed by atoms with E-state index in [2.05, 4.69) is 16.0 Å². The minimum Gasteiger partial charge on any atom is -0.273 e. The highest BCUT2D eigenvalue weighted by Crippen LogP contribution is 2.17. The Morgan fingerprint density at radius 1 is 1.08 bits per heavy atom. The van der Waals surface area contributed by atoms with Gasteiger partial charge in [-0.2, -0.15) is 5.10 Å². The van der Waals surface area contributed by atoms with Crippen LogP contribution in [0.2, 0.25) is 5.02 Å². The SMILES string of the molecule is Cn1nc(C(=O)NNC(=O)CCc2ccccc2Cl)c2ccccc21. The van der Waals surface area contributed by atoms with E-state index in [0.29, 0.717) is 11.4 Å². The highest BCUT2D eigenvalue weighted by Gasteiger charge is 2.16. The van der Waals surface area contributed by atoms with E-state index in [4.69, 9.17) is 11.6 Å². The van der Waals surface area contributed by atoms with E-state index < -0.39 is 5.91 Å². The molecule has 3 aromatic rings. The summed E-state index contributed by atoms with van der Waals surface area (Å²) in [5.41, 5.74) is 6.82. The van der Waals surface area contributed by atoms with E-state index in [1.165, 1.54) is 0 Å². The van der Waals surface area contributed by atoms with Crippen LogP contribution in [0.25, 0.3) is 10.9 Å². The van der Waals surface area contributed by atoms with Gasteiger partial charge in [-0.05, 0) is 24.1 Å². The molecule has 2 N–H and O–H groups in total. The Labute approximate surface area is 149 Å². The van der Waals surface area contributed by atoms with Gasteiger partial charge in [-0.25, -0.2) is 0 Å². The van der Waals surface area contributed by atoms with Gasteiger partial charge in [-0.1, -0.05) is 48.0 Å². The van der Waals surface area contributed by atoms with Crippen LogP contribution >= 0.6 is 11.6 Å². The summed E-state index contributed by atoms with van der Waals surface area (Å²) in [7, 11) is 1.77. The number of fused-ring (bicyclic) bond motifs is 1. The molecule has 0 fully saturated rings. The Bertz CT molecular complexity index is 936. The second-order valence-corrected chi connectivity index (χ2v) is 5.99. The van der Waals surface area contributed by atoms with Gasteiger partial charge in [0.2, 0.25) is 5.91 Å². The van der Waals surface area contributed by atoms with E-state index in [1.807, 2.05) is 42.5 Å². The number of aromatic nitrogens is 2. The maximum Gasteiger partial charge on any atom is 0.290 e. The summed E-state index contributed by atoms with van der Waals surface area (Å²) >= 11 is 6.06. The van der Waals surface area contributed by atoms with E-state index in [1.54, 1.807) is 17.8 Å². The molecular weight excluding hydrogens is 340 g/mol. The van der Waals surface area contributed by atoms with Crippen molar-refractivity contribution in [2.45, 2.75) is 12.8 Å². The molecule has 0 bridgehead atoms. The van der Waals surface area contributed by atoms with Crippen molar-refractivity contribution in [3.8, 4) is 0 Å². The summed E-state index contributed by atoms with van der Waals surface area (Å²) in [5.74, 6) is -0.753. The average Bonchev–Trinajstić information content (AvgIpc) is 2.96. The third-order valence-corrected chi connectivity index (χ3v) is 4.24. The summed E-state index contributed by atoms with van der Waals surface area (Å²) in [6.45, 7) is 0. The molecule has 0 saturated carbocycles. The smallest absolute Gasteiger partial charge is 0.273 e. The van der Waals surface area contributed by atoms with E-state index in [9.17, 15) is 9.59 Å². The first-order valence-electron chi connectivity index (χ1n) is 7.80. The summed E-state index contributed by atoms with van der Waals surface area (Å²) in [6.07, 6.45) is 0.709. The molecule has 0 radical (unpaired) electrons. The Hall–Kier alpha value is -2.86. The predicted octanol–water partition coefficient (Wildman–Crippen LogP) is 2.62. The number of halogens is 1. The number of nitrogens with one attached hydrogen (secondary N) is 2. The summed E-state index contributed by atoms with van der Waals surface area (Å²) in [4.78, 5) is 24.2. The second kappa shape index (κ2) is 7.36. The van der Waals surface area contributed by atoms with Crippen LogP contribution in [-0.4, -0.2) is 21.6 Å².